The van der Waals surface area contributed by atoms with Crippen LogP contribution in [-0.2, 0) is 0 Å². The molecule has 2 unspecified atom stereocenters. The summed E-state index contributed by atoms with van der Waals surface area (Å²) in [4.78, 5) is 0. The fraction of sp³-hybridized carbons (Fsp3) is 0.250. The Kier molecular flexibility index (Phi) is 5.24. The summed E-state index contributed by atoms with van der Waals surface area (Å²) in [5.74, 6) is 0.788. The molecule has 0 amide bonds. The Balaban J connectivity index is 2.28. The molecule has 0 aliphatic carbocycles. The van der Waals surface area contributed by atoms with E-state index in [2.05, 4.69) is 63.0 Å². The SMILES string of the molecule is Cc1ccc(C(Oc2ccc(Br)cc2Br)C(C)N)cc1. The van der Waals surface area contributed by atoms with E-state index in [1.807, 2.05) is 25.1 Å². The molecule has 4 heteroatoms. The van der Waals surface area contributed by atoms with E-state index in [0.717, 1.165) is 20.3 Å². The van der Waals surface area contributed by atoms with Gasteiger partial charge in [-0.25, -0.2) is 0 Å². The van der Waals surface area contributed by atoms with Gasteiger partial charge in [-0.1, -0.05) is 45.8 Å². The van der Waals surface area contributed by atoms with Gasteiger partial charge >= 0.3 is 0 Å². The molecule has 2 nitrogen and oxygen atoms in total. The quantitative estimate of drug-likeness (QED) is 0.787. The maximum absolute atomic E-state index is 6.09. The van der Waals surface area contributed by atoms with Crippen molar-refractivity contribution in [3.63, 3.8) is 0 Å². The second-order valence-electron chi connectivity index (χ2n) is 4.88. The third kappa shape index (κ3) is 3.84. The van der Waals surface area contributed by atoms with Crippen molar-refractivity contribution < 1.29 is 4.74 Å². The first-order valence-electron chi connectivity index (χ1n) is 6.41. The molecule has 2 atom stereocenters. The minimum atomic E-state index is -0.173. The van der Waals surface area contributed by atoms with Crippen LogP contribution in [0.1, 0.15) is 24.2 Å². The van der Waals surface area contributed by atoms with Crippen molar-refractivity contribution in [3.8, 4) is 5.75 Å². The van der Waals surface area contributed by atoms with Crippen LogP contribution in [0.3, 0.4) is 0 Å². The first kappa shape index (κ1) is 15.5. The summed E-state index contributed by atoms with van der Waals surface area (Å²) >= 11 is 6.95. The van der Waals surface area contributed by atoms with Crippen LogP contribution in [0.4, 0.5) is 0 Å². The highest BCUT2D eigenvalue weighted by Crippen LogP contribution is 2.32. The molecule has 0 bridgehead atoms. The van der Waals surface area contributed by atoms with Crippen LogP contribution in [0.25, 0.3) is 0 Å². The second kappa shape index (κ2) is 6.74. The van der Waals surface area contributed by atoms with E-state index in [1.54, 1.807) is 0 Å². The van der Waals surface area contributed by atoms with Gasteiger partial charge in [0.15, 0.2) is 0 Å². The number of hydrogen-bond acceptors (Lipinski definition) is 2. The molecule has 2 N–H and O–H groups in total. The molecule has 2 rings (SSSR count). The van der Waals surface area contributed by atoms with Crippen molar-refractivity contribution >= 4 is 31.9 Å². The van der Waals surface area contributed by atoms with Crippen molar-refractivity contribution in [1.82, 2.24) is 0 Å². The fourth-order valence-corrected chi connectivity index (χ4v) is 3.08. The van der Waals surface area contributed by atoms with Gasteiger partial charge in [0, 0.05) is 10.5 Å². The molecular weight excluding hydrogens is 382 g/mol. The number of hydrogen-bond donors (Lipinski definition) is 1. The standard InChI is InChI=1S/C16H17Br2NO/c1-10-3-5-12(6-4-10)16(11(2)19)20-15-8-7-13(17)9-14(15)18/h3-9,11,16H,19H2,1-2H3. The van der Waals surface area contributed by atoms with Crippen molar-refractivity contribution in [2.45, 2.75) is 26.0 Å². The monoisotopic (exact) mass is 397 g/mol. The molecule has 0 aliphatic rings. The Morgan fingerprint density at radius 1 is 1.05 bits per heavy atom. The molecule has 0 heterocycles. The van der Waals surface area contributed by atoms with Crippen molar-refractivity contribution in [2.75, 3.05) is 0 Å². The Bertz CT molecular complexity index is 582. The molecule has 0 saturated heterocycles. The first-order chi connectivity index (χ1) is 9.47. The molecule has 0 aliphatic heterocycles. The van der Waals surface area contributed by atoms with Crippen molar-refractivity contribution in [2.24, 2.45) is 5.73 Å². The lowest BCUT2D eigenvalue weighted by Gasteiger charge is -2.24. The van der Waals surface area contributed by atoms with Gasteiger partial charge in [-0.05, 0) is 53.5 Å². The van der Waals surface area contributed by atoms with E-state index in [1.165, 1.54) is 5.56 Å². The normalized spacial score (nSPS) is 13.8. The zero-order valence-electron chi connectivity index (χ0n) is 11.4. The third-order valence-electron chi connectivity index (χ3n) is 3.03. The van der Waals surface area contributed by atoms with Crippen molar-refractivity contribution in [3.05, 3.63) is 62.5 Å². The zero-order chi connectivity index (χ0) is 14.7. The van der Waals surface area contributed by atoms with Crippen LogP contribution in [-0.4, -0.2) is 6.04 Å². The number of rotatable bonds is 4. The highest BCUT2D eigenvalue weighted by molar-refractivity contribution is 9.11. The minimum Gasteiger partial charge on any atom is -0.483 e. The largest absolute Gasteiger partial charge is 0.483 e. The molecule has 106 valence electrons. The molecule has 0 fully saturated rings. The lowest BCUT2D eigenvalue weighted by atomic mass is 10.0. The summed E-state index contributed by atoms with van der Waals surface area (Å²) < 4.78 is 8.01. The van der Waals surface area contributed by atoms with Crippen LogP contribution >= 0.6 is 31.9 Å². The Morgan fingerprint density at radius 3 is 2.25 bits per heavy atom. The minimum absolute atomic E-state index is 0.103. The molecule has 0 saturated carbocycles. The number of ether oxygens (including phenoxy) is 1. The molecular formula is C16H17Br2NO. The highest BCUT2D eigenvalue weighted by Gasteiger charge is 2.19. The number of nitrogens with two attached hydrogens (primary N) is 1. The molecule has 0 aromatic heterocycles. The number of aryl methyl sites for hydroxylation is 1. The lowest BCUT2D eigenvalue weighted by molar-refractivity contribution is 0.179. The summed E-state index contributed by atoms with van der Waals surface area (Å²) in [6.07, 6.45) is -0.173. The van der Waals surface area contributed by atoms with Crippen LogP contribution in [0.15, 0.2) is 51.4 Å². The molecule has 20 heavy (non-hydrogen) atoms. The van der Waals surface area contributed by atoms with Crippen LogP contribution in [0.2, 0.25) is 0 Å². The highest BCUT2D eigenvalue weighted by atomic mass is 79.9. The first-order valence-corrected chi connectivity index (χ1v) is 8.00. The summed E-state index contributed by atoms with van der Waals surface area (Å²) in [7, 11) is 0. The Hall–Kier alpha value is -0.840. The van der Waals surface area contributed by atoms with Crippen LogP contribution < -0.4 is 10.5 Å². The van der Waals surface area contributed by atoms with Crippen LogP contribution in [0.5, 0.6) is 5.75 Å². The Morgan fingerprint density at radius 2 is 1.70 bits per heavy atom. The van der Waals surface area contributed by atoms with E-state index in [0.29, 0.717) is 0 Å². The summed E-state index contributed by atoms with van der Waals surface area (Å²) in [6.45, 7) is 4.02. The summed E-state index contributed by atoms with van der Waals surface area (Å²) in [6, 6.07) is 14.0. The van der Waals surface area contributed by atoms with Gasteiger partial charge in [0.2, 0.25) is 0 Å². The number of benzene rings is 2. The molecule has 2 aromatic rings. The van der Waals surface area contributed by atoms with Gasteiger partial charge < -0.3 is 10.5 Å². The van der Waals surface area contributed by atoms with E-state index in [9.17, 15) is 0 Å². The maximum atomic E-state index is 6.09. The van der Waals surface area contributed by atoms with Gasteiger partial charge in [0.25, 0.3) is 0 Å². The fourth-order valence-electron chi connectivity index (χ4n) is 1.94. The molecule has 0 radical (unpaired) electrons. The second-order valence-corrected chi connectivity index (χ2v) is 6.65. The van der Waals surface area contributed by atoms with Crippen molar-refractivity contribution in [1.29, 1.82) is 0 Å². The number of halogens is 2. The summed E-state index contributed by atoms with van der Waals surface area (Å²) in [5, 5.41) is 0. The van der Waals surface area contributed by atoms with Gasteiger partial charge in [0.05, 0.1) is 4.47 Å². The predicted molar refractivity (Wildman–Crippen MR) is 90.0 cm³/mol. The molecule has 0 spiro atoms. The van der Waals surface area contributed by atoms with Gasteiger partial charge in [-0.15, -0.1) is 0 Å². The van der Waals surface area contributed by atoms with Gasteiger partial charge in [-0.2, -0.15) is 0 Å². The average Bonchev–Trinajstić information content (AvgIpc) is 2.39. The van der Waals surface area contributed by atoms with E-state index in [4.69, 9.17) is 10.5 Å². The smallest absolute Gasteiger partial charge is 0.139 e. The van der Waals surface area contributed by atoms with Gasteiger partial charge in [0.1, 0.15) is 11.9 Å². The van der Waals surface area contributed by atoms with Gasteiger partial charge in [-0.3, -0.25) is 0 Å². The summed E-state index contributed by atoms with van der Waals surface area (Å²) in [5.41, 5.74) is 8.39. The Labute approximate surface area is 136 Å². The topological polar surface area (TPSA) is 35.2 Å². The zero-order valence-corrected chi connectivity index (χ0v) is 14.6. The predicted octanol–water partition coefficient (Wildman–Crippen LogP) is 4.99. The van der Waals surface area contributed by atoms with E-state index in [-0.39, 0.29) is 12.1 Å². The lowest BCUT2D eigenvalue weighted by Crippen LogP contribution is -2.29. The van der Waals surface area contributed by atoms with Crippen LogP contribution in [0, 0.1) is 6.92 Å². The van der Waals surface area contributed by atoms with E-state index >= 15 is 0 Å². The average molecular weight is 399 g/mol. The molecule has 2 aromatic carbocycles. The maximum Gasteiger partial charge on any atom is 0.139 e. The van der Waals surface area contributed by atoms with E-state index < -0.39 is 0 Å². The third-order valence-corrected chi connectivity index (χ3v) is 4.14.